The zero-order valence-electron chi connectivity index (χ0n) is 19.4. The SMILES string of the molecule is C=CC(=O)N1CC2(CCN(c3nc4c(c(-c5c(C)ccc6n[nH]c(C)c56)n3)CCCC4)C2)C1. The van der Waals surface area contributed by atoms with Gasteiger partial charge in [0.05, 0.1) is 11.2 Å². The van der Waals surface area contributed by atoms with Crippen LogP contribution in [0, 0.1) is 19.3 Å². The van der Waals surface area contributed by atoms with Crippen molar-refractivity contribution in [2.45, 2.75) is 46.0 Å². The highest BCUT2D eigenvalue weighted by Gasteiger charge is 2.49. The van der Waals surface area contributed by atoms with Crippen molar-refractivity contribution >= 4 is 22.8 Å². The largest absolute Gasteiger partial charge is 0.340 e. The molecule has 170 valence electrons. The van der Waals surface area contributed by atoms with Gasteiger partial charge in [-0.25, -0.2) is 9.97 Å². The molecule has 2 fully saturated rings. The van der Waals surface area contributed by atoms with Crippen molar-refractivity contribution in [2.75, 3.05) is 31.1 Å². The fraction of sp³-hybridized carbons (Fsp3) is 0.462. The molecule has 3 aromatic rings. The van der Waals surface area contributed by atoms with Gasteiger partial charge in [0.25, 0.3) is 0 Å². The minimum atomic E-state index is 0.0328. The van der Waals surface area contributed by atoms with Crippen LogP contribution in [0.15, 0.2) is 24.8 Å². The van der Waals surface area contributed by atoms with Crippen LogP contribution in [0.3, 0.4) is 0 Å². The fourth-order valence-electron chi connectivity index (χ4n) is 6.02. The molecule has 7 heteroatoms. The van der Waals surface area contributed by atoms with Crippen molar-refractivity contribution in [1.82, 2.24) is 25.1 Å². The predicted molar refractivity (Wildman–Crippen MR) is 129 cm³/mol. The van der Waals surface area contributed by atoms with Crippen LogP contribution >= 0.6 is 0 Å². The smallest absolute Gasteiger partial charge is 0.245 e. The summed E-state index contributed by atoms with van der Waals surface area (Å²) in [4.78, 5) is 26.5. The molecule has 2 aromatic heterocycles. The Bertz CT molecular complexity index is 1290. The molecule has 33 heavy (non-hydrogen) atoms. The van der Waals surface area contributed by atoms with Crippen molar-refractivity contribution in [3.05, 3.63) is 47.3 Å². The molecular formula is C26H30N6O. The maximum atomic E-state index is 12.0. The number of carbonyl (C=O) groups is 1. The summed E-state index contributed by atoms with van der Waals surface area (Å²) in [5.74, 6) is 0.874. The molecule has 1 aromatic carbocycles. The van der Waals surface area contributed by atoms with Crippen molar-refractivity contribution < 1.29 is 4.79 Å². The van der Waals surface area contributed by atoms with Crippen molar-refractivity contribution in [2.24, 2.45) is 5.41 Å². The number of nitrogens with zero attached hydrogens (tertiary/aromatic N) is 5. The average molecular weight is 443 g/mol. The van der Waals surface area contributed by atoms with Crippen LogP contribution in [0.2, 0.25) is 0 Å². The molecule has 4 heterocycles. The van der Waals surface area contributed by atoms with Gasteiger partial charge in [-0.2, -0.15) is 5.10 Å². The molecule has 0 atom stereocenters. The van der Waals surface area contributed by atoms with Gasteiger partial charge in [0.1, 0.15) is 0 Å². The molecule has 0 bridgehead atoms. The number of carbonyl (C=O) groups excluding carboxylic acids is 1. The topological polar surface area (TPSA) is 78.0 Å². The Morgan fingerprint density at radius 2 is 1.97 bits per heavy atom. The lowest BCUT2D eigenvalue weighted by Gasteiger charge is -2.47. The lowest BCUT2D eigenvalue weighted by molar-refractivity contribution is -0.136. The number of hydrogen-bond donors (Lipinski definition) is 1. The number of rotatable bonds is 3. The number of fused-ring (bicyclic) bond motifs is 2. The monoisotopic (exact) mass is 442 g/mol. The number of aromatic nitrogens is 4. The lowest BCUT2D eigenvalue weighted by Crippen LogP contribution is -2.59. The summed E-state index contributed by atoms with van der Waals surface area (Å²) < 4.78 is 0. The van der Waals surface area contributed by atoms with Gasteiger partial charge in [0.2, 0.25) is 11.9 Å². The van der Waals surface area contributed by atoms with E-state index >= 15 is 0 Å². The first-order valence-corrected chi connectivity index (χ1v) is 12.0. The van der Waals surface area contributed by atoms with Crippen LogP contribution < -0.4 is 4.90 Å². The third-order valence-electron chi connectivity index (χ3n) is 7.78. The van der Waals surface area contributed by atoms with Crippen LogP contribution in [0.5, 0.6) is 0 Å². The van der Waals surface area contributed by atoms with E-state index in [-0.39, 0.29) is 11.3 Å². The number of nitrogens with one attached hydrogen (secondary N) is 1. The van der Waals surface area contributed by atoms with Gasteiger partial charge in [-0.05, 0) is 63.7 Å². The summed E-state index contributed by atoms with van der Waals surface area (Å²) in [5.41, 5.74) is 8.24. The quantitative estimate of drug-likeness (QED) is 0.625. The van der Waals surface area contributed by atoms with Gasteiger partial charge in [-0.15, -0.1) is 0 Å². The van der Waals surface area contributed by atoms with Crippen molar-refractivity contribution in [3.63, 3.8) is 0 Å². The molecule has 7 nitrogen and oxygen atoms in total. The van der Waals surface area contributed by atoms with Gasteiger partial charge < -0.3 is 9.80 Å². The Morgan fingerprint density at radius 1 is 1.15 bits per heavy atom. The second-order valence-electron chi connectivity index (χ2n) is 10.1. The maximum Gasteiger partial charge on any atom is 0.245 e. The first-order chi connectivity index (χ1) is 16.0. The number of aryl methyl sites for hydroxylation is 3. The Balaban J connectivity index is 1.41. The Kier molecular flexibility index (Phi) is 4.57. The number of likely N-dealkylation sites (tertiary alicyclic amines) is 1. The number of H-pyrrole nitrogens is 1. The molecule has 1 aliphatic carbocycles. The van der Waals surface area contributed by atoms with Crippen LogP contribution in [0.4, 0.5) is 5.95 Å². The van der Waals surface area contributed by atoms with E-state index in [1.54, 1.807) is 0 Å². The summed E-state index contributed by atoms with van der Waals surface area (Å²) in [6.07, 6.45) is 6.89. The normalized spacial score (nSPS) is 19.1. The third kappa shape index (κ3) is 3.16. The van der Waals surface area contributed by atoms with Gasteiger partial charge >= 0.3 is 0 Å². The second-order valence-corrected chi connectivity index (χ2v) is 10.1. The lowest BCUT2D eigenvalue weighted by atomic mass is 9.79. The molecule has 1 N–H and O–H groups in total. The average Bonchev–Trinajstić information content (AvgIpc) is 3.42. The van der Waals surface area contributed by atoms with E-state index in [2.05, 4.69) is 47.7 Å². The Hall–Kier alpha value is -3.22. The Labute approximate surface area is 193 Å². The molecular weight excluding hydrogens is 412 g/mol. The van der Waals surface area contributed by atoms with Crippen molar-refractivity contribution in [3.8, 4) is 11.3 Å². The molecule has 2 aliphatic heterocycles. The predicted octanol–water partition coefficient (Wildman–Crippen LogP) is 3.74. The molecule has 0 unspecified atom stereocenters. The molecule has 1 spiro atoms. The van der Waals surface area contributed by atoms with Gasteiger partial charge in [-0.1, -0.05) is 12.6 Å². The summed E-state index contributed by atoms with van der Waals surface area (Å²) in [6.45, 7) is 11.3. The van der Waals surface area contributed by atoms with Crippen molar-refractivity contribution in [1.29, 1.82) is 0 Å². The van der Waals surface area contributed by atoms with E-state index in [4.69, 9.17) is 9.97 Å². The second kappa shape index (κ2) is 7.40. The van der Waals surface area contributed by atoms with Crippen LogP contribution in [0.1, 0.15) is 41.8 Å². The number of amides is 1. The minimum absolute atomic E-state index is 0.0328. The zero-order chi connectivity index (χ0) is 22.7. The molecule has 2 saturated heterocycles. The summed E-state index contributed by atoms with van der Waals surface area (Å²) in [7, 11) is 0. The molecule has 6 rings (SSSR count). The summed E-state index contributed by atoms with van der Waals surface area (Å²) >= 11 is 0. The van der Waals surface area contributed by atoms with Gasteiger partial charge in [-0.3, -0.25) is 9.89 Å². The molecule has 3 aliphatic rings. The van der Waals surface area contributed by atoms with Gasteiger partial charge in [0, 0.05) is 59.5 Å². The van der Waals surface area contributed by atoms with E-state index in [1.165, 1.54) is 46.7 Å². The third-order valence-corrected chi connectivity index (χ3v) is 7.78. The maximum absolute atomic E-state index is 12.0. The first-order valence-electron chi connectivity index (χ1n) is 12.0. The highest BCUT2D eigenvalue weighted by atomic mass is 16.2. The molecule has 0 radical (unpaired) electrons. The highest BCUT2D eigenvalue weighted by molar-refractivity contribution is 5.98. The van der Waals surface area contributed by atoms with Crippen LogP contribution in [-0.2, 0) is 17.6 Å². The number of anilines is 1. The number of hydrogen-bond acceptors (Lipinski definition) is 5. The summed E-state index contributed by atoms with van der Waals surface area (Å²) in [5, 5.41) is 8.84. The van der Waals surface area contributed by atoms with E-state index in [9.17, 15) is 4.79 Å². The highest BCUT2D eigenvalue weighted by Crippen LogP contribution is 2.42. The first kappa shape index (κ1) is 20.4. The number of aromatic amines is 1. The van der Waals surface area contributed by atoms with Crippen LogP contribution in [0.25, 0.3) is 22.2 Å². The molecule has 1 amide bonds. The fourth-order valence-corrected chi connectivity index (χ4v) is 6.02. The molecule has 0 saturated carbocycles. The van der Waals surface area contributed by atoms with E-state index in [0.29, 0.717) is 0 Å². The minimum Gasteiger partial charge on any atom is -0.340 e. The van der Waals surface area contributed by atoms with E-state index < -0.39 is 0 Å². The zero-order valence-corrected chi connectivity index (χ0v) is 19.4. The van der Waals surface area contributed by atoms with E-state index in [1.807, 2.05) is 4.90 Å². The van der Waals surface area contributed by atoms with Crippen LogP contribution in [-0.4, -0.2) is 57.2 Å². The Morgan fingerprint density at radius 3 is 2.79 bits per heavy atom. The standard InChI is InChI=1S/C26H30N6O/c1-4-21(33)32-14-26(15-32)11-12-31(13-26)25-27-19-8-6-5-7-18(19)24(28-25)22-16(2)9-10-20-23(22)17(3)29-30-20/h4,9-10H,1,5-8,11-15H2,2-3H3,(H,29,30). The van der Waals surface area contributed by atoms with E-state index in [0.717, 1.165) is 68.3 Å². The number of benzene rings is 1. The summed E-state index contributed by atoms with van der Waals surface area (Å²) in [6, 6.07) is 4.24. The van der Waals surface area contributed by atoms with Gasteiger partial charge in [0.15, 0.2) is 0 Å².